The third-order valence-corrected chi connectivity index (χ3v) is 3.67. The minimum atomic E-state index is 0.534. The molecule has 0 unspecified atom stereocenters. The van der Waals surface area contributed by atoms with Crippen molar-refractivity contribution in [2.24, 2.45) is 0 Å². The van der Waals surface area contributed by atoms with Crippen LogP contribution in [0.3, 0.4) is 0 Å². The summed E-state index contributed by atoms with van der Waals surface area (Å²) in [6.07, 6.45) is 0. The third-order valence-electron chi connectivity index (χ3n) is 3.42. The van der Waals surface area contributed by atoms with Gasteiger partial charge in [0.2, 0.25) is 0 Å². The van der Waals surface area contributed by atoms with Gasteiger partial charge in [0.25, 0.3) is 0 Å². The molecule has 0 amide bonds. The van der Waals surface area contributed by atoms with Gasteiger partial charge >= 0.3 is 0 Å². The van der Waals surface area contributed by atoms with E-state index in [2.05, 4.69) is 48.7 Å². The van der Waals surface area contributed by atoms with Crippen molar-refractivity contribution < 1.29 is 4.74 Å². The van der Waals surface area contributed by atoms with Crippen molar-refractivity contribution in [1.82, 2.24) is 5.32 Å². The third kappa shape index (κ3) is 4.74. The van der Waals surface area contributed by atoms with Gasteiger partial charge in [-0.15, -0.1) is 0 Å². The molecule has 0 radical (unpaired) electrons. The molecule has 0 saturated heterocycles. The van der Waals surface area contributed by atoms with Gasteiger partial charge in [-0.25, -0.2) is 0 Å². The van der Waals surface area contributed by atoms with Gasteiger partial charge in [0.1, 0.15) is 5.75 Å². The van der Waals surface area contributed by atoms with E-state index in [4.69, 9.17) is 17.0 Å². The van der Waals surface area contributed by atoms with Crippen molar-refractivity contribution in [2.45, 2.75) is 26.3 Å². The van der Waals surface area contributed by atoms with Gasteiger partial charge in [-0.1, -0.05) is 38.1 Å². The van der Waals surface area contributed by atoms with Crippen LogP contribution in [0.15, 0.2) is 48.5 Å². The summed E-state index contributed by atoms with van der Waals surface area (Å²) in [5.74, 6) is 1.38. The SMILES string of the molecule is COc1cccc(CNC(=S)Nc2ccc(C(C)C)cc2)c1. The molecule has 116 valence electrons. The highest BCUT2D eigenvalue weighted by molar-refractivity contribution is 7.80. The van der Waals surface area contributed by atoms with E-state index in [1.165, 1.54) is 5.56 Å². The average Bonchev–Trinajstić information content (AvgIpc) is 2.53. The summed E-state index contributed by atoms with van der Waals surface area (Å²) in [5.41, 5.74) is 3.44. The van der Waals surface area contributed by atoms with Gasteiger partial charge in [0.05, 0.1) is 7.11 Å². The van der Waals surface area contributed by atoms with E-state index in [0.29, 0.717) is 17.6 Å². The van der Waals surface area contributed by atoms with Crippen LogP contribution in [-0.4, -0.2) is 12.2 Å². The van der Waals surface area contributed by atoms with Crippen LogP contribution in [-0.2, 0) is 6.54 Å². The summed E-state index contributed by atoms with van der Waals surface area (Å²) in [4.78, 5) is 0. The Hall–Kier alpha value is -2.07. The van der Waals surface area contributed by atoms with Crippen LogP contribution in [0, 0.1) is 0 Å². The largest absolute Gasteiger partial charge is 0.497 e. The molecule has 0 aliphatic carbocycles. The molecule has 2 N–H and O–H groups in total. The molecule has 2 rings (SSSR count). The molecule has 2 aromatic carbocycles. The molecular weight excluding hydrogens is 292 g/mol. The van der Waals surface area contributed by atoms with Crippen LogP contribution in [0.25, 0.3) is 0 Å². The topological polar surface area (TPSA) is 33.3 Å². The van der Waals surface area contributed by atoms with Crippen LogP contribution < -0.4 is 15.4 Å². The van der Waals surface area contributed by atoms with Gasteiger partial charge in [0, 0.05) is 12.2 Å². The van der Waals surface area contributed by atoms with Crippen LogP contribution in [0.2, 0.25) is 0 Å². The lowest BCUT2D eigenvalue weighted by atomic mass is 10.0. The second-order valence-electron chi connectivity index (χ2n) is 5.44. The fourth-order valence-corrected chi connectivity index (χ4v) is 2.28. The number of thiocarbonyl (C=S) groups is 1. The Labute approximate surface area is 137 Å². The Kier molecular flexibility index (Phi) is 5.78. The highest BCUT2D eigenvalue weighted by Gasteiger charge is 2.01. The second-order valence-corrected chi connectivity index (χ2v) is 5.84. The fraction of sp³-hybridized carbons (Fsp3) is 0.278. The smallest absolute Gasteiger partial charge is 0.171 e. The van der Waals surface area contributed by atoms with Crippen LogP contribution in [0.1, 0.15) is 30.9 Å². The maximum absolute atomic E-state index is 5.33. The highest BCUT2D eigenvalue weighted by Crippen LogP contribution is 2.17. The molecule has 0 spiro atoms. The van der Waals surface area contributed by atoms with E-state index in [-0.39, 0.29) is 0 Å². The van der Waals surface area contributed by atoms with E-state index in [1.54, 1.807) is 7.11 Å². The highest BCUT2D eigenvalue weighted by atomic mass is 32.1. The monoisotopic (exact) mass is 314 g/mol. The van der Waals surface area contributed by atoms with Gasteiger partial charge in [-0.2, -0.15) is 0 Å². The van der Waals surface area contributed by atoms with Crippen LogP contribution in [0.4, 0.5) is 5.69 Å². The summed E-state index contributed by atoms with van der Waals surface area (Å²) in [6, 6.07) is 16.3. The lowest BCUT2D eigenvalue weighted by Gasteiger charge is -2.12. The summed E-state index contributed by atoms with van der Waals surface area (Å²) < 4.78 is 5.21. The second kappa shape index (κ2) is 7.80. The molecule has 3 nitrogen and oxygen atoms in total. The van der Waals surface area contributed by atoms with Crippen molar-refractivity contribution in [3.63, 3.8) is 0 Å². The van der Waals surface area contributed by atoms with Crippen molar-refractivity contribution in [1.29, 1.82) is 0 Å². The molecule has 0 atom stereocenters. The van der Waals surface area contributed by atoms with Gasteiger partial charge in [0.15, 0.2) is 5.11 Å². The Balaban J connectivity index is 1.87. The maximum Gasteiger partial charge on any atom is 0.171 e. The fourth-order valence-electron chi connectivity index (χ4n) is 2.09. The zero-order valence-electron chi connectivity index (χ0n) is 13.2. The molecule has 22 heavy (non-hydrogen) atoms. The van der Waals surface area contributed by atoms with Gasteiger partial charge in [-0.05, 0) is 53.5 Å². The number of ether oxygens (including phenoxy) is 1. The van der Waals surface area contributed by atoms with E-state index in [9.17, 15) is 0 Å². The average molecular weight is 314 g/mol. The number of nitrogens with one attached hydrogen (secondary N) is 2. The summed E-state index contributed by atoms with van der Waals surface area (Å²) in [6.45, 7) is 5.03. The Morgan fingerprint density at radius 3 is 2.50 bits per heavy atom. The van der Waals surface area contributed by atoms with Gasteiger partial charge < -0.3 is 15.4 Å². The quantitative estimate of drug-likeness (QED) is 0.806. The van der Waals surface area contributed by atoms with Crippen molar-refractivity contribution in [2.75, 3.05) is 12.4 Å². The normalized spacial score (nSPS) is 10.4. The van der Waals surface area contributed by atoms with Crippen LogP contribution >= 0.6 is 12.2 Å². The zero-order valence-corrected chi connectivity index (χ0v) is 14.0. The number of hydrogen-bond donors (Lipinski definition) is 2. The number of rotatable bonds is 5. The Morgan fingerprint density at radius 2 is 1.86 bits per heavy atom. The number of hydrogen-bond acceptors (Lipinski definition) is 2. The Bertz CT molecular complexity index is 623. The molecule has 0 aliphatic heterocycles. The van der Waals surface area contributed by atoms with E-state index in [0.717, 1.165) is 17.0 Å². The van der Waals surface area contributed by atoms with Crippen molar-refractivity contribution >= 4 is 23.0 Å². The lowest BCUT2D eigenvalue weighted by molar-refractivity contribution is 0.414. The van der Waals surface area contributed by atoms with Gasteiger partial charge in [-0.3, -0.25) is 0 Å². The summed E-state index contributed by atoms with van der Waals surface area (Å²) in [7, 11) is 1.67. The van der Waals surface area contributed by atoms with E-state index in [1.807, 2.05) is 24.3 Å². The van der Waals surface area contributed by atoms with E-state index < -0.39 is 0 Å². The standard InChI is InChI=1S/C18H22N2OS/c1-13(2)15-7-9-16(10-8-15)20-18(22)19-12-14-5-4-6-17(11-14)21-3/h4-11,13H,12H2,1-3H3,(H2,19,20,22). The molecule has 0 heterocycles. The number of anilines is 1. The number of benzene rings is 2. The predicted molar refractivity (Wildman–Crippen MR) is 96.6 cm³/mol. The summed E-state index contributed by atoms with van der Waals surface area (Å²) >= 11 is 5.33. The molecule has 0 aliphatic rings. The maximum atomic E-state index is 5.33. The van der Waals surface area contributed by atoms with Crippen LogP contribution in [0.5, 0.6) is 5.75 Å². The Morgan fingerprint density at radius 1 is 1.14 bits per heavy atom. The van der Waals surface area contributed by atoms with Crippen molar-refractivity contribution in [3.05, 3.63) is 59.7 Å². The first-order valence-electron chi connectivity index (χ1n) is 7.36. The molecule has 0 fully saturated rings. The number of methoxy groups -OCH3 is 1. The molecule has 0 saturated carbocycles. The van der Waals surface area contributed by atoms with E-state index >= 15 is 0 Å². The minimum absolute atomic E-state index is 0.534. The first kappa shape index (κ1) is 16.3. The molecule has 4 heteroatoms. The predicted octanol–water partition coefficient (Wildman–Crippen LogP) is 4.31. The zero-order chi connectivity index (χ0) is 15.9. The molecule has 0 bridgehead atoms. The lowest BCUT2D eigenvalue weighted by Crippen LogP contribution is -2.27. The summed E-state index contributed by atoms with van der Waals surface area (Å²) in [5, 5.41) is 7.01. The minimum Gasteiger partial charge on any atom is -0.497 e. The van der Waals surface area contributed by atoms with Crippen molar-refractivity contribution in [3.8, 4) is 5.75 Å². The molecular formula is C18H22N2OS. The first-order valence-corrected chi connectivity index (χ1v) is 7.77. The molecule has 2 aromatic rings. The molecule has 0 aromatic heterocycles. The first-order chi connectivity index (χ1) is 10.6.